The highest BCUT2D eigenvalue weighted by Crippen LogP contribution is 2.30. The first-order chi connectivity index (χ1) is 9.15. The summed E-state index contributed by atoms with van der Waals surface area (Å²) in [6.07, 6.45) is 0. The zero-order valence-corrected chi connectivity index (χ0v) is 11.0. The van der Waals surface area contributed by atoms with E-state index < -0.39 is 4.92 Å². The van der Waals surface area contributed by atoms with Gasteiger partial charge in [0.25, 0.3) is 5.69 Å². The Bertz CT molecular complexity index is 774. The van der Waals surface area contributed by atoms with Crippen molar-refractivity contribution < 1.29 is 4.92 Å². The van der Waals surface area contributed by atoms with Crippen LogP contribution in [0.2, 0.25) is 5.15 Å². The van der Waals surface area contributed by atoms with Crippen LogP contribution in [0, 0.1) is 10.1 Å². The Hall–Kier alpha value is -2.05. The van der Waals surface area contributed by atoms with Gasteiger partial charge in [0, 0.05) is 12.1 Å². The van der Waals surface area contributed by atoms with E-state index in [0.717, 1.165) is 4.88 Å². The quantitative estimate of drug-likeness (QED) is 0.530. The van der Waals surface area contributed by atoms with E-state index in [4.69, 9.17) is 11.6 Å². The number of hydrogen-bond acceptors (Lipinski definition) is 5. The summed E-state index contributed by atoms with van der Waals surface area (Å²) in [5.41, 5.74) is 1.53. The zero-order chi connectivity index (χ0) is 13.4. The number of nitrogens with zero attached hydrogens (tertiary/aromatic N) is 3. The number of aromatic nitrogens is 2. The Labute approximate surface area is 116 Å². The number of rotatable bonds is 2. The second-order valence-electron chi connectivity index (χ2n) is 3.77. The Kier molecular flexibility index (Phi) is 2.88. The van der Waals surface area contributed by atoms with E-state index in [1.54, 1.807) is 6.07 Å². The molecule has 0 spiro atoms. The van der Waals surface area contributed by atoms with Crippen molar-refractivity contribution in [2.45, 2.75) is 0 Å². The van der Waals surface area contributed by atoms with Gasteiger partial charge in [-0.1, -0.05) is 17.7 Å². The minimum Gasteiger partial charge on any atom is -0.258 e. The maximum atomic E-state index is 10.8. The highest BCUT2D eigenvalue weighted by atomic mass is 35.5. The first kappa shape index (κ1) is 12.0. The normalized spacial score (nSPS) is 10.8. The van der Waals surface area contributed by atoms with E-state index in [-0.39, 0.29) is 5.69 Å². The minimum atomic E-state index is -0.458. The molecular weight excluding hydrogens is 286 g/mol. The van der Waals surface area contributed by atoms with Gasteiger partial charge in [-0.25, -0.2) is 9.97 Å². The summed E-state index contributed by atoms with van der Waals surface area (Å²) in [7, 11) is 0. The molecule has 0 saturated carbocycles. The second kappa shape index (κ2) is 4.56. The van der Waals surface area contributed by atoms with Gasteiger partial charge < -0.3 is 0 Å². The van der Waals surface area contributed by atoms with Crippen LogP contribution in [0.15, 0.2) is 35.7 Å². The molecule has 0 atom stereocenters. The van der Waals surface area contributed by atoms with Gasteiger partial charge in [0.15, 0.2) is 5.15 Å². The monoisotopic (exact) mass is 291 g/mol. The van der Waals surface area contributed by atoms with Crippen LogP contribution >= 0.6 is 22.9 Å². The lowest BCUT2D eigenvalue weighted by Gasteiger charge is -2.03. The third kappa shape index (κ3) is 2.16. The van der Waals surface area contributed by atoms with Crippen molar-refractivity contribution in [3.63, 3.8) is 0 Å². The Balaban J connectivity index is 2.25. The average molecular weight is 292 g/mol. The van der Waals surface area contributed by atoms with Crippen LogP contribution in [0.3, 0.4) is 0 Å². The molecule has 0 saturated heterocycles. The predicted molar refractivity (Wildman–Crippen MR) is 74.5 cm³/mol. The summed E-state index contributed by atoms with van der Waals surface area (Å²) in [5, 5.41) is 13.0. The fourth-order valence-corrected chi connectivity index (χ4v) is 2.71. The smallest absolute Gasteiger partial charge is 0.258 e. The van der Waals surface area contributed by atoms with Gasteiger partial charge in [0.05, 0.1) is 20.8 Å². The van der Waals surface area contributed by atoms with Crippen LogP contribution in [0.25, 0.3) is 21.6 Å². The van der Waals surface area contributed by atoms with Crippen molar-refractivity contribution in [2.75, 3.05) is 0 Å². The third-order valence-electron chi connectivity index (χ3n) is 2.57. The summed E-state index contributed by atoms with van der Waals surface area (Å²) < 4.78 is 0. The maximum Gasteiger partial charge on any atom is 0.271 e. The largest absolute Gasteiger partial charge is 0.271 e. The SMILES string of the molecule is O=[N+]([O-])c1ccc2nc(Cl)c(-c3cccs3)nc2c1. The van der Waals surface area contributed by atoms with Crippen molar-refractivity contribution in [2.24, 2.45) is 0 Å². The molecule has 5 nitrogen and oxygen atoms in total. The van der Waals surface area contributed by atoms with Crippen LogP contribution in [-0.2, 0) is 0 Å². The number of fused-ring (bicyclic) bond motifs is 1. The lowest BCUT2D eigenvalue weighted by Crippen LogP contribution is -1.92. The summed E-state index contributed by atoms with van der Waals surface area (Å²) >= 11 is 7.58. The van der Waals surface area contributed by atoms with E-state index in [9.17, 15) is 10.1 Å². The van der Waals surface area contributed by atoms with E-state index >= 15 is 0 Å². The summed E-state index contributed by atoms with van der Waals surface area (Å²) in [6.45, 7) is 0. The molecule has 0 N–H and O–H groups in total. The highest BCUT2D eigenvalue weighted by molar-refractivity contribution is 7.13. The Morgan fingerprint density at radius 2 is 2.05 bits per heavy atom. The van der Waals surface area contributed by atoms with Gasteiger partial charge in [-0.3, -0.25) is 10.1 Å². The van der Waals surface area contributed by atoms with Crippen LogP contribution in [0.5, 0.6) is 0 Å². The fourth-order valence-electron chi connectivity index (χ4n) is 1.70. The van der Waals surface area contributed by atoms with Gasteiger partial charge in [0.1, 0.15) is 5.69 Å². The molecule has 0 radical (unpaired) electrons. The van der Waals surface area contributed by atoms with Crippen molar-refractivity contribution in [3.05, 3.63) is 51.0 Å². The maximum absolute atomic E-state index is 10.8. The standard InChI is InChI=1S/C12H6ClN3O2S/c13-12-11(10-2-1-5-19-10)14-9-6-7(16(17)18)3-4-8(9)15-12/h1-6H. The summed E-state index contributed by atoms with van der Waals surface area (Å²) in [6, 6.07) is 8.10. The average Bonchev–Trinajstić information content (AvgIpc) is 2.91. The molecule has 2 heterocycles. The van der Waals surface area contributed by atoms with Gasteiger partial charge in [0.2, 0.25) is 0 Å². The molecule has 0 fully saturated rings. The Morgan fingerprint density at radius 3 is 2.74 bits per heavy atom. The first-order valence-electron chi connectivity index (χ1n) is 5.31. The highest BCUT2D eigenvalue weighted by Gasteiger charge is 2.13. The molecule has 0 aliphatic rings. The molecule has 0 amide bonds. The number of benzene rings is 1. The molecule has 2 aromatic heterocycles. The van der Waals surface area contributed by atoms with Crippen LogP contribution in [0.1, 0.15) is 0 Å². The summed E-state index contributed by atoms with van der Waals surface area (Å²) in [4.78, 5) is 19.8. The molecule has 0 aliphatic carbocycles. The molecule has 3 rings (SSSR count). The topological polar surface area (TPSA) is 68.9 Å². The van der Waals surface area contributed by atoms with Crippen molar-refractivity contribution in [1.29, 1.82) is 0 Å². The molecule has 19 heavy (non-hydrogen) atoms. The molecule has 7 heteroatoms. The number of nitro benzene ring substituents is 1. The molecule has 1 aromatic carbocycles. The van der Waals surface area contributed by atoms with Crippen LogP contribution < -0.4 is 0 Å². The number of hydrogen-bond donors (Lipinski definition) is 0. The van der Waals surface area contributed by atoms with E-state index in [2.05, 4.69) is 9.97 Å². The summed E-state index contributed by atoms with van der Waals surface area (Å²) in [5.74, 6) is 0. The van der Waals surface area contributed by atoms with Crippen molar-refractivity contribution in [3.8, 4) is 10.6 Å². The number of halogens is 1. The van der Waals surface area contributed by atoms with E-state index in [1.807, 2.05) is 17.5 Å². The van der Waals surface area contributed by atoms with Crippen molar-refractivity contribution in [1.82, 2.24) is 9.97 Å². The Morgan fingerprint density at radius 1 is 1.21 bits per heavy atom. The lowest BCUT2D eigenvalue weighted by molar-refractivity contribution is -0.384. The molecule has 0 bridgehead atoms. The van der Waals surface area contributed by atoms with Crippen LogP contribution in [-0.4, -0.2) is 14.9 Å². The fraction of sp³-hybridized carbons (Fsp3) is 0. The molecule has 0 aliphatic heterocycles. The lowest BCUT2D eigenvalue weighted by atomic mass is 10.2. The third-order valence-corrected chi connectivity index (χ3v) is 3.71. The number of thiophene rings is 1. The van der Waals surface area contributed by atoms with Crippen molar-refractivity contribution >= 4 is 39.7 Å². The van der Waals surface area contributed by atoms with Gasteiger partial charge in [-0.05, 0) is 17.5 Å². The van der Waals surface area contributed by atoms with E-state index in [1.165, 1.54) is 23.5 Å². The second-order valence-corrected chi connectivity index (χ2v) is 5.08. The van der Waals surface area contributed by atoms with Gasteiger partial charge in [-0.15, -0.1) is 11.3 Å². The number of nitro groups is 1. The molecule has 94 valence electrons. The molecule has 0 unspecified atom stereocenters. The first-order valence-corrected chi connectivity index (χ1v) is 6.56. The van der Waals surface area contributed by atoms with Gasteiger partial charge in [-0.2, -0.15) is 0 Å². The minimum absolute atomic E-state index is 0.0127. The predicted octanol–water partition coefficient (Wildman–Crippen LogP) is 3.92. The number of non-ortho nitro benzene ring substituents is 1. The zero-order valence-electron chi connectivity index (χ0n) is 9.41. The molecular formula is C12H6ClN3O2S. The van der Waals surface area contributed by atoms with Crippen LogP contribution in [0.4, 0.5) is 5.69 Å². The van der Waals surface area contributed by atoms with Gasteiger partial charge >= 0.3 is 0 Å². The molecule has 3 aromatic rings. The van der Waals surface area contributed by atoms with E-state index in [0.29, 0.717) is 21.9 Å².